The fraction of sp³-hybridized carbons (Fsp3) is 0.632. The predicted octanol–water partition coefficient (Wildman–Crippen LogP) is 2.00. The standard InChI is InChI=1S/C19H28FN3O3S/c1-18(13-21)10-11-23(14-18)17(24)19(8-3-2-4-9-19)22-27(25,26)16-7-5-6-15(20)12-16/h5-7,12,22H,2-4,8-11,13-14,21H2,1H3. The molecule has 0 bridgehead atoms. The molecule has 1 saturated heterocycles. The fourth-order valence-corrected chi connectivity index (χ4v) is 5.58. The number of carbonyl (C=O) groups excluding carboxylic acids is 1. The van der Waals surface area contributed by atoms with Gasteiger partial charge in [0.1, 0.15) is 11.4 Å². The Labute approximate surface area is 160 Å². The molecule has 3 N–H and O–H groups in total. The summed E-state index contributed by atoms with van der Waals surface area (Å²) in [7, 11) is -4.01. The highest BCUT2D eigenvalue weighted by Gasteiger charge is 2.48. The third-order valence-electron chi connectivity index (χ3n) is 5.89. The lowest BCUT2D eigenvalue weighted by atomic mass is 9.81. The van der Waals surface area contributed by atoms with Gasteiger partial charge < -0.3 is 10.6 Å². The Balaban J connectivity index is 1.88. The monoisotopic (exact) mass is 397 g/mol. The number of carbonyl (C=O) groups is 1. The largest absolute Gasteiger partial charge is 0.340 e. The van der Waals surface area contributed by atoms with Crippen molar-refractivity contribution in [1.29, 1.82) is 0 Å². The van der Waals surface area contributed by atoms with E-state index in [0.717, 1.165) is 31.7 Å². The van der Waals surface area contributed by atoms with Crippen LogP contribution in [0.4, 0.5) is 4.39 Å². The zero-order chi connectivity index (χ0) is 19.7. The van der Waals surface area contributed by atoms with Crippen LogP contribution in [-0.2, 0) is 14.8 Å². The van der Waals surface area contributed by atoms with Crippen molar-refractivity contribution in [2.24, 2.45) is 11.1 Å². The van der Waals surface area contributed by atoms with Crippen LogP contribution in [-0.4, -0.2) is 44.4 Å². The highest BCUT2D eigenvalue weighted by molar-refractivity contribution is 7.89. The minimum atomic E-state index is -4.01. The summed E-state index contributed by atoms with van der Waals surface area (Å²) in [5.74, 6) is -0.806. The SMILES string of the molecule is CC1(CN)CCN(C(=O)C2(NS(=O)(=O)c3cccc(F)c3)CCCCC2)C1. The van der Waals surface area contributed by atoms with Gasteiger partial charge in [-0.25, -0.2) is 12.8 Å². The molecule has 8 heteroatoms. The van der Waals surface area contributed by atoms with E-state index in [9.17, 15) is 17.6 Å². The molecule has 1 aliphatic heterocycles. The third-order valence-corrected chi connectivity index (χ3v) is 7.42. The summed E-state index contributed by atoms with van der Waals surface area (Å²) in [6, 6.07) is 4.86. The second-order valence-electron chi connectivity index (χ2n) is 8.20. The Morgan fingerprint density at radius 2 is 1.96 bits per heavy atom. The van der Waals surface area contributed by atoms with Crippen molar-refractivity contribution in [2.75, 3.05) is 19.6 Å². The predicted molar refractivity (Wildman–Crippen MR) is 101 cm³/mol. The first-order valence-corrected chi connectivity index (χ1v) is 11.0. The van der Waals surface area contributed by atoms with Gasteiger partial charge in [0.05, 0.1) is 4.90 Å². The molecule has 1 aromatic rings. The number of benzene rings is 1. The van der Waals surface area contributed by atoms with E-state index < -0.39 is 21.4 Å². The first-order chi connectivity index (χ1) is 12.7. The zero-order valence-electron chi connectivity index (χ0n) is 15.7. The number of hydrogen-bond donors (Lipinski definition) is 2. The van der Waals surface area contributed by atoms with Crippen LogP contribution >= 0.6 is 0 Å². The number of hydrogen-bond acceptors (Lipinski definition) is 4. The molecule has 0 radical (unpaired) electrons. The summed E-state index contributed by atoms with van der Waals surface area (Å²) < 4.78 is 42.0. The summed E-state index contributed by atoms with van der Waals surface area (Å²) in [4.78, 5) is 15.0. The molecule has 1 heterocycles. The smallest absolute Gasteiger partial charge is 0.243 e. The lowest BCUT2D eigenvalue weighted by molar-refractivity contribution is -0.138. The second kappa shape index (κ2) is 7.48. The number of rotatable bonds is 5. The van der Waals surface area contributed by atoms with Crippen molar-refractivity contribution in [3.8, 4) is 0 Å². The van der Waals surface area contributed by atoms with E-state index in [2.05, 4.69) is 4.72 Å². The molecule has 1 unspecified atom stereocenters. The van der Waals surface area contributed by atoms with Crippen molar-refractivity contribution < 1.29 is 17.6 Å². The van der Waals surface area contributed by atoms with E-state index in [1.54, 1.807) is 4.90 Å². The first kappa shape index (κ1) is 20.2. The molecule has 27 heavy (non-hydrogen) atoms. The van der Waals surface area contributed by atoms with E-state index in [4.69, 9.17) is 5.73 Å². The minimum Gasteiger partial charge on any atom is -0.340 e. The molecule has 1 saturated carbocycles. The highest BCUT2D eigenvalue weighted by atomic mass is 32.2. The van der Waals surface area contributed by atoms with Gasteiger partial charge in [0.2, 0.25) is 15.9 Å². The van der Waals surface area contributed by atoms with Gasteiger partial charge in [0.25, 0.3) is 0 Å². The maximum Gasteiger partial charge on any atom is 0.243 e. The minimum absolute atomic E-state index is 0.132. The number of halogens is 1. The van der Waals surface area contributed by atoms with Crippen LogP contribution in [0.5, 0.6) is 0 Å². The second-order valence-corrected chi connectivity index (χ2v) is 9.88. The Morgan fingerprint density at radius 1 is 1.26 bits per heavy atom. The van der Waals surface area contributed by atoms with Crippen molar-refractivity contribution in [3.63, 3.8) is 0 Å². The van der Waals surface area contributed by atoms with Crippen LogP contribution in [0.15, 0.2) is 29.2 Å². The molecule has 150 valence electrons. The van der Waals surface area contributed by atoms with Crippen molar-refractivity contribution in [1.82, 2.24) is 9.62 Å². The summed E-state index contributed by atoms with van der Waals surface area (Å²) in [6.07, 6.45) is 4.24. The average Bonchev–Trinajstić information content (AvgIpc) is 3.04. The lowest BCUT2D eigenvalue weighted by Crippen LogP contribution is -2.60. The Bertz CT molecular complexity index is 808. The van der Waals surface area contributed by atoms with E-state index >= 15 is 0 Å². The molecule has 1 aliphatic carbocycles. The molecular formula is C19H28FN3O3S. The number of nitrogens with one attached hydrogen (secondary N) is 1. The summed E-state index contributed by atoms with van der Waals surface area (Å²) in [6.45, 7) is 3.64. The maximum absolute atomic E-state index is 13.5. The Kier molecular flexibility index (Phi) is 5.61. The molecular weight excluding hydrogens is 369 g/mol. The van der Waals surface area contributed by atoms with Crippen molar-refractivity contribution >= 4 is 15.9 Å². The van der Waals surface area contributed by atoms with Crippen LogP contribution in [0.2, 0.25) is 0 Å². The Morgan fingerprint density at radius 3 is 2.56 bits per heavy atom. The van der Waals surface area contributed by atoms with Crippen LogP contribution in [0.3, 0.4) is 0 Å². The van der Waals surface area contributed by atoms with Crippen molar-refractivity contribution in [2.45, 2.75) is 55.9 Å². The highest BCUT2D eigenvalue weighted by Crippen LogP contribution is 2.36. The number of sulfonamides is 1. The average molecular weight is 398 g/mol. The van der Waals surface area contributed by atoms with Crippen molar-refractivity contribution in [3.05, 3.63) is 30.1 Å². The zero-order valence-corrected chi connectivity index (χ0v) is 16.5. The summed E-state index contributed by atoms with van der Waals surface area (Å²) >= 11 is 0. The molecule has 0 aromatic heterocycles. The normalized spacial score (nSPS) is 25.5. The van der Waals surface area contributed by atoms with Crippen LogP contribution in [0.1, 0.15) is 45.4 Å². The number of nitrogens with two attached hydrogens (primary N) is 1. The molecule has 2 fully saturated rings. The van der Waals surface area contributed by atoms with Gasteiger partial charge in [-0.3, -0.25) is 4.79 Å². The summed E-state index contributed by atoms with van der Waals surface area (Å²) in [5.41, 5.74) is 4.55. The van der Waals surface area contributed by atoms with E-state index in [-0.39, 0.29) is 16.2 Å². The third kappa shape index (κ3) is 4.17. The number of amides is 1. The molecule has 0 spiro atoms. The number of likely N-dealkylation sites (tertiary alicyclic amines) is 1. The van der Waals surface area contributed by atoms with Gasteiger partial charge in [0.15, 0.2) is 0 Å². The first-order valence-electron chi connectivity index (χ1n) is 9.49. The van der Waals surface area contributed by atoms with Gasteiger partial charge in [-0.2, -0.15) is 4.72 Å². The van der Waals surface area contributed by atoms with E-state index in [1.165, 1.54) is 18.2 Å². The van der Waals surface area contributed by atoms with E-state index in [0.29, 0.717) is 32.5 Å². The Hall–Kier alpha value is -1.51. The molecule has 1 amide bonds. The fourth-order valence-electron chi connectivity index (χ4n) is 4.13. The van der Waals surface area contributed by atoms with Crippen LogP contribution < -0.4 is 10.5 Å². The van der Waals surface area contributed by atoms with Crippen LogP contribution in [0, 0.1) is 11.2 Å². The summed E-state index contributed by atoms with van der Waals surface area (Å²) in [5, 5.41) is 0. The molecule has 2 aliphatic rings. The maximum atomic E-state index is 13.5. The quantitative estimate of drug-likeness (QED) is 0.795. The molecule has 6 nitrogen and oxygen atoms in total. The van der Waals surface area contributed by atoms with Gasteiger partial charge in [-0.15, -0.1) is 0 Å². The topological polar surface area (TPSA) is 92.5 Å². The lowest BCUT2D eigenvalue weighted by Gasteiger charge is -2.39. The number of nitrogens with zero attached hydrogens (tertiary/aromatic N) is 1. The van der Waals surface area contributed by atoms with Gasteiger partial charge in [-0.1, -0.05) is 32.3 Å². The van der Waals surface area contributed by atoms with Gasteiger partial charge in [-0.05, 0) is 49.4 Å². The molecule has 1 aromatic carbocycles. The van der Waals surface area contributed by atoms with Gasteiger partial charge in [0, 0.05) is 13.1 Å². The van der Waals surface area contributed by atoms with Gasteiger partial charge >= 0.3 is 0 Å². The van der Waals surface area contributed by atoms with Crippen LogP contribution in [0.25, 0.3) is 0 Å². The van der Waals surface area contributed by atoms with E-state index in [1.807, 2.05) is 6.92 Å². The molecule has 3 rings (SSSR count). The molecule has 1 atom stereocenters.